The Morgan fingerprint density at radius 3 is 2.14 bits per heavy atom. The molecule has 0 N–H and O–H groups in total. The Hall–Kier alpha value is -3.86. The minimum absolute atomic E-state index is 0.00166. The van der Waals surface area contributed by atoms with Gasteiger partial charge in [0.2, 0.25) is 0 Å². The normalized spacial score (nSPS) is 17.8. The molecule has 2 heterocycles. The maximum Gasteiger partial charge on any atom is 0.371 e. The lowest BCUT2D eigenvalue weighted by molar-refractivity contribution is -0.138. The molecule has 0 aromatic heterocycles. The fraction of sp³-hybridized carbons (Fsp3) is 0.484. The highest BCUT2D eigenvalue weighted by atomic mass is 28.4. The predicted octanol–water partition coefficient (Wildman–Crippen LogP) is 5.69. The molecule has 0 unspecified atom stereocenters. The topological polar surface area (TPSA) is 108 Å². The molecule has 0 aliphatic carbocycles. The van der Waals surface area contributed by atoms with Crippen LogP contribution in [0.1, 0.15) is 54.2 Å². The third-order valence-electron chi connectivity index (χ3n) is 8.20. The first-order valence-corrected chi connectivity index (χ1v) is 16.6. The van der Waals surface area contributed by atoms with Crippen LogP contribution in [-0.4, -0.2) is 61.6 Å². The van der Waals surface area contributed by atoms with Crippen LogP contribution in [0.2, 0.25) is 18.1 Å². The molecule has 0 fully saturated rings. The van der Waals surface area contributed by atoms with Crippen molar-refractivity contribution in [2.75, 3.05) is 35.5 Å². The van der Waals surface area contributed by atoms with Gasteiger partial charge in [-0.15, -0.1) is 0 Å². The van der Waals surface area contributed by atoms with Crippen LogP contribution >= 0.6 is 0 Å². The van der Waals surface area contributed by atoms with Crippen LogP contribution in [0, 0.1) is 0 Å². The SMILES string of the molecule is COC(=O)/C(=C\c1cc2c(c(OC)c1C(=O)OC)O[C@@]1(CC2)Cc2c(OC)ccc(OC)c2O1)O[Si](C)(C)C(C)(C)C. The van der Waals surface area contributed by atoms with Gasteiger partial charge in [-0.1, -0.05) is 20.8 Å². The molecule has 1 spiro atoms. The van der Waals surface area contributed by atoms with Crippen molar-refractivity contribution in [3.05, 3.63) is 46.2 Å². The number of esters is 2. The van der Waals surface area contributed by atoms with Gasteiger partial charge in [0.15, 0.2) is 28.8 Å². The second-order valence-electron chi connectivity index (χ2n) is 11.8. The van der Waals surface area contributed by atoms with Crippen molar-refractivity contribution < 1.29 is 47.2 Å². The highest BCUT2D eigenvalue weighted by molar-refractivity contribution is 6.74. The number of aryl methyl sites for hydroxylation is 1. The fourth-order valence-corrected chi connectivity index (χ4v) is 5.90. The Labute approximate surface area is 247 Å². The minimum atomic E-state index is -2.45. The molecule has 0 bridgehead atoms. The van der Waals surface area contributed by atoms with E-state index in [1.807, 2.05) is 19.2 Å². The number of ether oxygens (including phenoxy) is 7. The highest BCUT2D eigenvalue weighted by Gasteiger charge is 2.48. The molecule has 0 saturated carbocycles. The van der Waals surface area contributed by atoms with Crippen molar-refractivity contribution in [1.29, 1.82) is 0 Å². The van der Waals surface area contributed by atoms with E-state index >= 15 is 0 Å². The highest BCUT2D eigenvalue weighted by Crippen LogP contribution is 2.52. The smallest absolute Gasteiger partial charge is 0.371 e. The van der Waals surface area contributed by atoms with Gasteiger partial charge in [0, 0.05) is 12.0 Å². The Kier molecular flexibility index (Phi) is 8.46. The molecule has 2 aromatic rings. The van der Waals surface area contributed by atoms with Crippen molar-refractivity contribution in [2.24, 2.45) is 0 Å². The Bertz CT molecular complexity index is 1390. The molecule has 10 nitrogen and oxygen atoms in total. The summed E-state index contributed by atoms with van der Waals surface area (Å²) in [6.07, 6.45) is 2.94. The number of methoxy groups -OCH3 is 5. The van der Waals surface area contributed by atoms with Crippen molar-refractivity contribution in [1.82, 2.24) is 0 Å². The van der Waals surface area contributed by atoms with E-state index in [0.717, 1.165) is 11.1 Å². The van der Waals surface area contributed by atoms with Gasteiger partial charge in [0.25, 0.3) is 14.1 Å². The summed E-state index contributed by atoms with van der Waals surface area (Å²) in [4.78, 5) is 26.1. The van der Waals surface area contributed by atoms with Gasteiger partial charge < -0.3 is 37.6 Å². The molecule has 2 aliphatic rings. The quantitative estimate of drug-likeness (QED) is 0.162. The number of rotatable bonds is 8. The van der Waals surface area contributed by atoms with Crippen LogP contribution in [0.4, 0.5) is 0 Å². The number of hydrogen-bond acceptors (Lipinski definition) is 10. The van der Waals surface area contributed by atoms with Gasteiger partial charge in [-0.25, -0.2) is 9.59 Å². The van der Waals surface area contributed by atoms with Crippen molar-refractivity contribution in [2.45, 2.75) is 64.0 Å². The van der Waals surface area contributed by atoms with Crippen molar-refractivity contribution in [3.63, 3.8) is 0 Å². The standard InChI is InChI=1S/C31H40O10Si/c1-30(2,3)42(9,10)41-23(28(32)37-7)16-19-15-18-13-14-31(39-25(18)27(36-6)24(19)29(33)38-8)17-20-21(34-4)11-12-22(35-5)26(20)40-31/h11-12,15-16H,13-14,17H2,1-10H3/b23-16+/t31-/m1/s1. The zero-order valence-corrected chi connectivity index (χ0v) is 27.0. The number of hydrogen-bond donors (Lipinski definition) is 0. The summed E-state index contributed by atoms with van der Waals surface area (Å²) in [7, 11) is 4.74. The second kappa shape index (κ2) is 11.4. The van der Waals surface area contributed by atoms with Crippen molar-refractivity contribution in [3.8, 4) is 28.7 Å². The van der Waals surface area contributed by atoms with Crippen LogP contribution in [0.25, 0.3) is 6.08 Å². The first-order valence-electron chi connectivity index (χ1n) is 13.7. The molecule has 2 aromatic carbocycles. The molecule has 0 amide bonds. The zero-order chi connectivity index (χ0) is 31.0. The largest absolute Gasteiger partial charge is 0.539 e. The van der Waals surface area contributed by atoms with E-state index in [0.29, 0.717) is 47.8 Å². The number of benzene rings is 2. The fourth-order valence-electron chi connectivity index (χ4n) is 4.90. The first kappa shape index (κ1) is 31.1. The van der Waals surface area contributed by atoms with E-state index in [1.165, 1.54) is 27.4 Å². The molecule has 0 radical (unpaired) electrons. The van der Waals surface area contributed by atoms with Gasteiger partial charge in [-0.05, 0) is 60.0 Å². The summed E-state index contributed by atoms with van der Waals surface area (Å²) in [6, 6.07) is 5.40. The van der Waals surface area contributed by atoms with E-state index in [9.17, 15) is 9.59 Å². The van der Waals surface area contributed by atoms with E-state index in [-0.39, 0.29) is 22.1 Å². The van der Waals surface area contributed by atoms with E-state index in [2.05, 4.69) is 20.8 Å². The predicted molar refractivity (Wildman–Crippen MR) is 158 cm³/mol. The third-order valence-corrected chi connectivity index (χ3v) is 12.5. The molecule has 0 saturated heterocycles. The first-order chi connectivity index (χ1) is 19.7. The summed E-state index contributed by atoms with van der Waals surface area (Å²) in [5.74, 6) is -0.0824. The number of fused-ring (bicyclic) bond motifs is 2. The Morgan fingerprint density at radius 2 is 1.57 bits per heavy atom. The van der Waals surface area contributed by atoms with E-state index in [4.69, 9.17) is 37.6 Å². The van der Waals surface area contributed by atoms with Crippen LogP contribution in [0.15, 0.2) is 24.0 Å². The Balaban J connectivity index is 1.84. The van der Waals surface area contributed by atoms with E-state index < -0.39 is 26.0 Å². The van der Waals surface area contributed by atoms with Crippen LogP contribution < -0.4 is 23.7 Å². The number of carbonyl (C=O) groups excluding carboxylic acids is 2. The lowest BCUT2D eigenvalue weighted by Gasteiger charge is -2.37. The summed E-state index contributed by atoms with van der Waals surface area (Å²) in [6.45, 7) is 10.2. The van der Waals surface area contributed by atoms with Gasteiger partial charge in [0.05, 0.1) is 42.0 Å². The monoisotopic (exact) mass is 600 g/mol. The maximum absolute atomic E-state index is 13.2. The van der Waals surface area contributed by atoms with Crippen LogP contribution in [0.5, 0.6) is 28.7 Å². The summed E-state index contributed by atoms with van der Waals surface area (Å²) in [5.41, 5.74) is 2.07. The lowest BCUT2D eigenvalue weighted by Crippen LogP contribution is -2.44. The van der Waals surface area contributed by atoms with Crippen molar-refractivity contribution >= 4 is 26.3 Å². The second-order valence-corrected chi connectivity index (χ2v) is 16.5. The van der Waals surface area contributed by atoms with Crippen LogP contribution in [-0.2, 0) is 31.5 Å². The molecule has 2 aliphatic heterocycles. The average molecular weight is 601 g/mol. The third kappa shape index (κ3) is 5.49. The zero-order valence-electron chi connectivity index (χ0n) is 26.0. The van der Waals surface area contributed by atoms with Crippen LogP contribution in [0.3, 0.4) is 0 Å². The molecule has 1 atom stereocenters. The maximum atomic E-state index is 13.2. The molecular formula is C31H40O10Si. The molecule has 42 heavy (non-hydrogen) atoms. The molecule has 228 valence electrons. The summed E-state index contributed by atoms with van der Waals surface area (Å²) in [5, 5.41) is -0.189. The van der Waals surface area contributed by atoms with Gasteiger partial charge in [-0.3, -0.25) is 0 Å². The minimum Gasteiger partial charge on any atom is -0.539 e. The molecule has 4 rings (SSSR count). The van der Waals surface area contributed by atoms with Gasteiger partial charge in [0.1, 0.15) is 11.3 Å². The lowest BCUT2D eigenvalue weighted by atomic mass is 9.92. The molecule has 11 heteroatoms. The van der Waals surface area contributed by atoms with Gasteiger partial charge in [-0.2, -0.15) is 0 Å². The average Bonchev–Trinajstić information content (AvgIpc) is 3.32. The summed E-state index contributed by atoms with van der Waals surface area (Å²) >= 11 is 0. The van der Waals surface area contributed by atoms with Gasteiger partial charge >= 0.3 is 11.9 Å². The summed E-state index contributed by atoms with van der Waals surface area (Å²) < 4.78 is 46.4. The number of carbonyl (C=O) groups is 2. The Morgan fingerprint density at radius 1 is 0.929 bits per heavy atom. The van der Waals surface area contributed by atoms with E-state index in [1.54, 1.807) is 26.4 Å². The molecular weight excluding hydrogens is 560 g/mol.